The van der Waals surface area contributed by atoms with Gasteiger partial charge in [-0.3, -0.25) is 0 Å². The number of halogens is 2. The lowest BCUT2D eigenvalue weighted by atomic mass is 10.2. The molecule has 3 heterocycles. The van der Waals surface area contributed by atoms with Crippen LogP contribution in [0.3, 0.4) is 0 Å². The molecule has 0 bridgehead atoms. The van der Waals surface area contributed by atoms with Crippen LogP contribution in [0.25, 0.3) is 0 Å². The Morgan fingerprint density at radius 2 is 1.90 bits per heavy atom. The second-order valence-corrected chi connectivity index (χ2v) is 8.06. The third kappa shape index (κ3) is 5.24. The van der Waals surface area contributed by atoms with E-state index in [1.54, 1.807) is 4.90 Å². The lowest BCUT2D eigenvalue weighted by Crippen LogP contribution is -2.44. The van der Waals surface area contributed by atoms with Crippen LogP contribution >= 0.6 is 0 Å². The summed E-state index contributed by atoms with van der Waals surface area (Å²) in [4.78, 5) is 13.3. The van der Waals surface area contributed by atoms with E-state index in [1.165, 1.54) is 31.0 Å². The van der Waals surface area contributed by atoms with Crippen LogP contribution in [0.15, 0.2) is 41.5 Å². The number of anilines is 2. The number of para-hydroxylation sites is 1. The fourth-order valence-corrected chi connectivity index (χ4v) is 4.23. The summed E-state index contributed by atoms with van der Waals surface area (Å²) in [5, 5.41) is 6.69. The number of hydrogen-bond donors (Lipinski definition) is 2. The number of guanidine groups is 1. The number of hydrogen-bond acceptors (Lipinski definition) is 4. The average Bonchev–Trinajstić information content (AvgIpc) is 3.45. The largest absolute Gasteiger partial charge is 0.365 e. The number of aliphatic imine (C=N–C) groups is 1. The van der Waals surface area contributed by atoms with E-state index in [0.717, 1.165) is 37.4 Å². The smallest absolute Gasteiger partial charge is 0.191 e. The van der Waals surface area contributed by atoms with Gasteiger partial charge in [0.25, 0.3) is 0 Å². The van der Waals surface area contributed by atoms with E-state index >= 15 is 0 Å². The van der Waals surface area contributed by atoms with Crippen LogP contribution < -0.4 is 20.4 Å². The normalized spacial score (nSPS) is 19.2. The minimum Gasteiger partial charge on any atom is -0.365 e. The number of benzene rings is 1. The van der Waals surface area contributed by atoms with Crippen molar-refractivity contribution in [1.29, 1.82) is 0 Å². The van der Waals surface area contributed by atoms with Gasteiger partial charge in [0.05, 0.1) is 6.54 Å². The van der Waals surface area contributed by atoms with Crippen molar-refractivity contribution in [2.45, 2.75) is 38.8 Å². The first kappa shape index (κ1) is 21.3. The van der Waals surface area contributed by atoms with Gasteiger partial charge in [0.2, 0.25) is 0 Å². The van der Waals surface area contributed by atoms with Gasteiger partial charge in [0.15, 0.2) is 5.96 Å². The number of nitrogens with zero attached hydrogens (tertiary/aromatic N) is 4. The fraction of sp³-hybridized carbons (Fsp3) is 0.478. The molecule has 2 aromatic rings. The molecule has 0 saturated carbocycles. The number of nitrogens with one attached hydrogen (secondary N) is 2. The van der Waals surface area contributed by atoms with Crippen molar-refractivity contribution < 1.29 is 8.78 Å². The minimum absolute atomic E-state index is 0.0555. The fourth-order valence-electron chi connectivity index (χ4n) is 4.23. The Balaban J connectivity index is 1.39. The maximum absolute atomic E-state index is 14.1. The van der Waals surface area contributed by atoms with Gasteiger partial charge in [-0.2, -0.15) is 0 Å². The Kier molecular flexibility index (Phi) is 6.84. The molecule has 1 aromatic carbocycles. The standard InChI is InChI=1S/C23H30F2N6/c1-2-26-23(28-15-17-8-10-27-21(14-17)30-11-3-4-12-30)29-18-9-13-31(16-18)22-19(24)6-5-7-20(22)25/h5-8,10,14,18H,2-4,9,11-13,15-16H2,1H3,(H2,26,28,29). The molecule has 2 aliphatic rings. The molecule has 1 aromatic heterocycles. The van der Waals surface area contributed by atoms with Crippen molar-refractivity contribution in [3.8, 4) is 0 Å². The highest BCUT2D eigenvalue weighted by Gasteiger charge is 2.27. The summed E-state index contributed by atoms with van der Waals surface area (Å²) in [6.45, 7) is 6.53. The molecule has 166 valence electrons. The van der Waals surface area contributed by atoms with Crippen molar-refractivity contribution >= 4 is 17.5 Å². The third-order valence-corrected chi connectivity index (χ3v) is 5.79. The molecule has 0 amide bonds. The van der Waals surface area contributed by atoms with Crippen LogP contribution in [0.4, 0.5) is 20.3 Å². The highest BCUT2D eigenvalue weighted by molar-refractivity contribution is 5.80. The van der Waals surface area contributed by atoms with Gasteiger partial charge in [0, 0.05) is 45.0 Å². The van der Waals surface area contributed by atoms with Gasteiger partial charge in [-0.15, -0.1) is 0 Å². The SMILES string of the molecule is CCNC(=NCc1ccnc(N2CCCC2)c1)NC1CCN(c2c(F)cccc2F)C1. The molecule has 6 nitrogen and oxygen atoms in total. The summed E-state index contributed by atoms with van der Waals surface area (Å²) in [5.74, 6) is 0.685. The summed E-state index contributed by atoms with van der Waals surface area (Å²) in [5.41, 5.74) is 1.16. The van der Waals surface area contributed by atoms with E-state index < -0.39 is 11.6 Å². The Labute approximate surface area is 182 Å². The molecule has 1 unspecified atom stereocenters. The Hall–Kier alpha value is -2.90. The number of rotatable bonds is 6. The van der Waals surface area contributed by atoms with E-state index in [2.05, 4.69) is 26.6 Å². The van der Waals surface area contributed by atoms with E-state index in [4.69, 9.17) is 4.99 Å². The lowest BCUT2D eigenvalue weighted by Gasteiger charge is -2.21. The minimum atomic E-state index is -0.521. The van der Waals surface area contributed by atoms with Gasteiger partial charge in [0.1, 0.15) is 23.1 Å². The summed E-state index contributed by atoms with van der Waals surface area (Å²) < 4.78 is 28.2. The predicted molar refractivity (Wildman–Crippen MR) is 121 cm³/mol. The highest BCUT2D eigenvalue weighted by atomic mass is 19.1. The molecule has 2 saturated heterocycles. The molecule has 2 fully saturated rings. The van der Waals surface area contributed by atoms with Crippen molar-refractivity contribution in [3.05, 3.63) is 53.7 Å². The lowest BCUT2D eigenvalue weighted by molar-refractivity contribution is 0.576. The average molecular weight is 429 g/mol. The first-order valence-corrected chi connectivity index (χ1v) is 11.1. The van der Waals surface area contributed by atoms with E-state index in [0.29, 0.717) is 25.6 Å². The molecular formula is C23H30F2N6. The summed E-state index contributed by atoms with van der Waals surface area (Å²) in [7, 11) is 0. The van der Waals surface area contributed by atoms with Gasteiger partial charge in [-0.25, -0.2) is 18.8 Å². The predicted octanol–water partition coefficient (Wildman–Crippen LogP) is 3.29. The quantitative estimate of drug-likeness (QED) is 0.546. The zero-order chi connectivity index (χ0) is 21.6. The van der Waals surface area contributed by atoms with Crippen LogP contribution in [-0.2, 0) is 6.54 Å². The van der Waals surface area contributed by atoms with Gasteiger partial charge in [-0.05, 0) is 56.0 Å². The molecular weight excluding hydrogens is 398 g/mol. The second kappa shape index (κ2) is 9.94. The molecule has 31 heavy (non-hydrogen) atoms. The van der Waals surface area contributed by atoms with E-state index in [1.807, 2.05) is 19.2 Å². The Morgan fingerprint density at radius 3 is 2.65 bits per heavy atom. The van der Waals surface area contributed by atoms with Crippen molar-refractivity contribution in [1.82, 2.24) is 15.6 Å². The van der Waals surface area contributed by atoms with Gasteiger partial charge < -0.3 is 20.4 Å². The maximum Gasteiger partial charge on any atom is 0.191 e. The van der Waals surface area contributed by atoms with Crippen LogP contribution in [0.1, 0.15) is 31.7 Å². The zero-order valence-electron chi connectivity index (χ0n) is 18.0. The highest BCUT2D eigenvalue weighted by Crippen LogP contribution is 2.26. The number of pyridine rings is 1. The van der Waals surface area contributed by atoms with Gasteiger partial charge in [-0.1, -0.05) is 6.07 Å². The van der Waals surface area contributed by atoms with E-state index in [-0.39, 0.29) is 11.7 Å². The Morgan fingerprint density at radius 1 is 1.13 bits per heavy atom. The van der Waals surface area contributed by atoms with Crippen LogP contribution in [0.5, 0.6) is 0 Å². The summed E-state index contributed by atoms with van der Waals surface area (Å²) in [6, 6.07) is 8.16. The monoisotopic (exact) mass is 428 g/mol. The molecule has 4 rings (SSSR count). The van der Waals surface area contributed by atoms with Gasteiger partial charge >= 0.3 is 0 Å². The molecule has 2 N–H and O–H groups in total. The number of aromatic nitrogens is 1. The summed E-state index contributed by atoms with van der Waals surface area (Å²) >= 11 is 0. The second-order valence-electron chi connectivity index (χ2n) is 8.06. The van der Waals surface area contributed by atoms with Crippen LogP contribution in [0, 0.1) is 11.6 Å². The molecule has 0 aliphatic carbocycles. The topological polar surface area (TPSA) is 55.8 Å². The Bertz CT molecular complexity index is 892. The van der Waals surface area contributed by atoms with E-state index in [9.17, 15) is 8.78 Å². The first-order chi connectivity index (χ1) is 15.1. The third-order valence-electron chi connectivity index (χ3n) is 5.79. The first-order valence-electron chi connectivity index (χ1n) is 11.1. The van der Waals surface area contributed by atoms with Crippen LogP contribution in [0.2, 0.25) is 0 Å². The molecule has 2 aliphatic heterocycles. The molecule has 8 heteroatoms. The summed E-state index contributed by atoms with van der Waals surface area (Å²) in [6.07, 6.45) is 5.06. The zero-order valence-corrected chi connectivity index (χ0v) is 18.0. The van der Waals surface area contributed by atoms with Crippen molar-refractivity contribution in [2.24, 2.45) is 4.99 Å². The van der Waals surface area contributed by atoms with Crippen molar-refractivity contribution in [2.75, 3.05) is 42.5 Å². The molecule has 0 spiro atoms. The van der Waals surface area contributed by atoms with Crippen molar-refractivity contribution in [3.63, 3.8) is 0 Å². The molecule has 1 atom stereocenters. The molecule has 0 radical (unpaired) electrons. The van der Waals surface area contributed by atoms with Crippen LogP contribution in [-0.4, -0.2) is 49.7 Å². The maximum atomic E-state index is 14.1.